The Hall–Kier alpha value is -2.30. The molecule has 2 amide bonds. The molecular weight excluding hydrogens is 220 g/mol. The number of anilines is 1. The van der Waals surface area contributed by atoms with E-state index in [0.717, 1.165) is 0 Å². The van der Waals surface area contributed by atoms with Gasteiger partial charge in [0.1, 0.15) is 12.4 Å². The van der Waals surface area contributed by atoms with Crippen LogP contribution < -0.4 is 15.4 Å². The van der Waals surface area contributed by atoms with E-state index >= 15 is 0 Å². The van der Waals surface area contributed by atoms with E-state index in [9.17, 15) is 9.59 Å². The number of carbonyl (C=O) groups excluding carboxylic acids is 2. The second-order valence-electron chi connectivity index (χ2n) is 3.16. The summed E-state index contributed by atoms with van der Waals surface area (Å²) < 4.78 is 5.27. The van der Waals surface area contributed by atoms with E-state index < -0.39 is 11.8 Å². The van der Waals surface area contributed by atoms with Crippen molar-refractivity contribution >= 4 is 17.5 Å². The number of nitrogens with one attached hydrogen (secondary N) is 2. The van der Waals surface area contributed by atoms with Crippen molar-refractivity contribution in [2.75, 3.05) is 19.0 Å². The summed E-state index contributed by atoms with van der Waals surface area (Å²) in [6, 6.07) is 6.70. The standard InChI is InChI=1S/C12H14N2O3/c1-3-8-17-10-6-4-9(5-7-10)14-12(16)11(15)13-2/h3-7H,1,8H2,2H3,(H,13,15)(H,14,16). The lowest BCUT2D eigenvalue weighted by atomic mass is 10.3. The number of amides is 2. The van der Waals surface area contributed by atoms with Crippen LogP contribution in [-0.4, -0.2) is 25.5 Å². The molecule has 0 fully saturated rings. The summed E-state index contributed by atoms with van der Waals surface area (Å²) in [5, 5.41) is 4.69. The van der Waals surface area contributed by atoms with Crippen LogP contribution in [0, 0.1) is 0 Å². The van der Waals surface area contributed by atoms with Gasteiger partial charge in [-0.05, 0) is 24.3 Å². The highest BCUT2D eigenvalue weighted by Crippen LogP contribution is 2.15. The van der Waals surface area contributed by atoms with Crippen LogP contribution in [0.15, 0.2) is 36.9 Å². The molecule has 90 valence electrons. The first-order valence-electron chi connectivity index (χ1n) is 5.04. The molecule has 0 saturated carbocycles. The van der Waals surface area contributed by atoms with E-state index in [1.54, 1.807) is 30.3 Å². The van der Waals surface area contributed by atoms with Crippen LogP contribution in [0.25, 0.3) is 0 Å². The number of benzene rings is 1. The Labute approximate surface area is 99.5 Å². The van der Waals surface area contributed by atoms with Crippen molar-refractivity contribution in [1.29, 1.82) is 0 Å². The zero-order valence-electron chi connectivity index (χ0n) is 9.53. The molecule has 0 aliphatic rings. The Balaban J connectivity index is 2.59. The normalized spacial score (nSPS) is 9.24. The first-order chi connectivity index (χ1) is 8.17. The SMILES string of the molecule is C=CCOc1ccc(NC(=O)C(=O)NC)cc1. The largest absolute Gasteiger partial charge is 0.490 e. The van der Waals surface area contributed by atoms with Gasteiger partial charge >= 0.3 is 11.8 Å². The Morgan fingerprint density at radius 3 is 2.47 bits per heavy atom. The fraction of sp³-hybridized carbons (Fsp3) is 0.167. The molecule has 0 heterocycles. The van der Waals surface area contributed by atoms with Crippen molar-refractivity contribution in [3.05, 3.63) is 36.9 Å². The maximum atomic E-state index is 11.2. The Morgan fingerprint density at radius 1 is 1.29 bits per heavy atom. The summed E-state index contributed by atoms with van der Waals surface area (Å²) in [6.07, 6.45) is 1.64. The first kappa shape index (κ1) is 12.8. The maximum Gasteiger partial charge on any atom is 0.313 e. The van der Waals surface area contributed by atoms with Gasteiger partial charge in [-0.1, -0.05) is 12.7 Å². The van der Waals surface area contributed by atoms with Gasteiger partial charge < -0.3 is 15.4 Å². The quantitative estimate of drug-likeness (QED) is 0.601. The lowest BCUT2D eigenvalue weighted by Crippen LogP contribution is -2.32. The Bertz CT molecular complexity index is 412. The highest BCUT2D eigenvalue weighted by molar-refractivity contribution is 6.39. The van der Waals surface area contributed by atoms with E-state index in [0.29, 0.717) is 18.0 Å². The Kier molecular flexibility index (Phi) is 4.75. The number of ether oxygens (including phenoxy) is 1. The molecule has 0 aliphatic carbocycles. The molecule has 0 atom stereocenters. The lowest BCUT2D eigenvalue weighted by molar-refractivity contribution is -0.135. The number of rotatable bonds is 4. The minimum atomic E-state index is -0.702. The molecular formula is C12H14N2O3. The molecule has 0 spiro atoms. The monoisotopic (exact) mass is 234 g/mol. The predicted octanol–water partition coefficient (Wildman–Crippen LogP) is 0.936. The molecule has 1 aromatic carbocycles. The highest BCUT2D eigenvalue weighted by Gasteiger charge is 2.10. The van der Waals surface area contributed by atoms with E-state index in [1.165, 1.54) is 7.05 Å². The van der Waals surface area contributed by atoms with Crippen molar-refractivity contribution in [3.8, 4) is 5.75 Å². The average molecular weight is 234 g/mol. The number of hydrogen-bond acceptors (Lipinski definition) is 3. The van der Waals surface area contributed by atoms with E-state index in [4.69, 9.17) is 4.74 Å². The predicted molar refractivity (Wildman–Crippen MR) is 64.8 cm³/mol. The second-order valence-corrected chi connectivity index (χ2v) is 3.16. The third-order valence-electron chi connectivity index (χ3n) is 1.91. The molecule has 5 heteroatoms. The fourth-order valence-corrected chi connectivity index (χ4v) is 1.09. The molecule has 1 rings (SSSR count). The van der Waals surface area contributed by atoms with Crippen LogP contribution in [-0.2, 0) is 9.59 Å². The molecule has 2 N–H and O–H groups in total. The fourth-order valence-electron chi connectivity index (χ4n) is 1.09. The maximum absolute atomic E-state index is 11.2. The van der Waals surface area contributed by atoms with Gasteiger partial charge in [-0.15, -0.1) is 0 Å². The van der Waals surface area contributed by atoms with Crippen molar-refractivity contribution in [2.24, 2.45) is 0 Å². The molecule has 1 aromatic rings. The first-order valence-corrected chi connectivity index (χ1v) is 5.04. The molecule has 0 saturated heterocycles. The van der Waals surface area contributed by atoms with E-state index in [1.807, 2.05) is 0 Å². The summed E-state index contributed by atoms with van der Waals surface area (Å²) in [5.74, 6) is -0.716. The molecule has 0 aromatic heterocycles. The molecule has 17 heavy (non-hydrogen) atoms. The van der Waals surface area contributed by atoms with E-state index in [-0.39, 0.29) is 0 Å². The van der Waals surface area contributed by atoms with Crippen LogP contribution >= 0.6 is 0 Å². The second kappa shape index (κ2) is 6.32. The third kappa shape index (κ3) is 3.98. The molecule has 0 aliphatic heterocycles. The lowest BCUT2D eigenvalue weighted by Gasteiger charge is -2.06. The summed E-state index contributed by atoms with van der Waals surface area (Å²) >= 11 is 0. The molecule has 0 bridgehead atoms. The van der Waals surface area contributed by atoms with Gasteiger partial charge in [-0.3, -0.25) is 9.59 Å². The van der Waals surface area contributed by atoms with Gasteiger partial charge in [0.2, 0.25) is 0 Å². The zero-order valence-corrected chi connectivity index (χ0v) is 9.53. The number of likely N-dealkylation sites (N-methyl/N-ethyl adjacent to an activating group) is 1. The van der Waals surface area contributed by atoms with Gasteiger partial charge in [0.05, 0.1) is 0 Å². The van der Waals surface area contributed by atoms with Crippen molar-refractivity contribution in [3.63, 3.8) is 0 Å². The van der Waals surface area contributed by atoms with Gasteiger partial charge in [-0.2, -0.15) is 0 Å². The summed E-state index contributed by atoms with van der Waals surface area (Å²) in [4.78, 5) is 22.2. The minimum Gasteiger partial charge on any atom is -0.490 e. The number of hydrogen-bond donors (Lipinski definition) is 2. The molecule has 5 nitrogen and oxygen atoms in total. The summed E-state index contributed by atoms with van der Waals surface area (Å²) in [5.41, 5.74) is 0.532. The van der Waals surface area contributed by atoms with Gasteiger partial charge in [0.15, 0.2) is 0 Å². The topological polar surface area (TPSA) is 67.4 Å². The average Bonchev–Trinajstić information content (AvgIpc) is 2.37. The van der Waals surface area contributed by atoms with Gasteiger partial charge in [-0.25, -0.2) is 0 Å². The smallest absolute Gasteiger partial charge is 0.313 e. The van der Waals surface area contributed by atoms with Crippen LogP contribution in [0.4, 0.5) is 5.69 Å². The summed E-state index contributed by atoms with van der Waals surface area (Å²) in [6.45, 7) is 3.96. The van der Waals surface area contributed by atoms with Crippen molar-refractivity contribution in [1.82, 2.24) is 5.32 Å². The van der Waals surface area contributed by atoms with Crippen molar-refractivity contribution in [2.45, 2.75) is 0 Å². The van der Waals surface area contributed by atoms with E-state index in [2.05, 4.69) is 17.2 Å². The van der Waals surface area contributed by atoms with Crippen LogP contribution in [0.1, 0.15) is 0 Å². The van der Waals surface area contributed by atoms with Crippen molar-refractivity contribution < 1.29 is 14.3 Å². The molecule has 0 radical (unpaired) electrons. The zero-order chi connectivity index (χ0) is 12.7. The Morgan fingerprint density at radius 2 is 1.94 bits per heavy atom. The third-order valence-corrected chi connectivity index (χ3v) is 1.91. The van der Waals surface area contributed by atoms with Crippen LogP contribution in [0.3, 0.4) is 0 Å². The summed E-state index contributed by atoms with van der Waals surface area (Å²) in [7, 11) is 1.40. The van der Waals surface area contributed by atoms with Gasteiger partial charge in [0.25, 0.3) is 0 Å². The highest BCUT2D eigenvalue weighted by atomic mass is 16.5. The van der Waals surface area contributed by atoms with Crippen LogP contribution in [0.5, 0.6) is 5.75 Å². The minimum absolute atomic E-state index is 0.421. The number of carbonyl (C=O) groups is 2. The molecule has 0 unspecified atom stereocenters. The van der Waals surface area contributed by atoms with Gasteiger partial charge in [0, 0.05) is 12.7 Å². The van der Waals surface area contributed by atoms with Crippen LogP contribution in [0.2, 0.25) is 0 Å².